The van der Waals surface area contributed by atoms with Gasteiger partial charge in [0, 0.05) is 11.8 Å². The third-order valence-electron chi connectivity index (χ3n) is 4.15. The fourth-order valence-electron chi connectivity index (χ4n) is 3.06. The second-order valence-electron chi connectivity index (χ2n) is 6.16. The van der Waals surface area contributed by atoms with Gasteiger partial charge >= 0.3 is 0 Å². The summed E-state index contributed by atoms with van der Waals surface area (Å²) in [4.78, 5) is 27.3. The van der Waals surface area contributed by atoms with E-state index in [4.69, 9.17) is 0 Å². The second kappa shape index (κ2) is 5.37. The number of nitrogens with zero attached hydrogens (tertiary/aromatic N) is 1. The molecular weight excluding hydrogens is 284 g/mol. The fourth-order valence-corrected chi connectivity index (χ4v) is 4.27. The van der Waals surface area contributed by atoms with Crippen molar-refractivity contribution < 1.29 is 9.59 Å². The van der Waals surface area contributed by atoms with Gasteiger partial charge in [0.1, 0.15) is 11.6 Å². The van der Waals surface area contributed by atoms with Crippen LogP contribution in [0.5, 0.6) is 0 Å². The molecule has 2 unspecified atom stereocenters. The van der Waals surface area contributed by atoms with Crippen LogP contribution in [-0.4, -0.2) is 39.8 Å². The van der Waals surface area contributed by atoms with Crippen LogP contribution in [0.4, 0.5) is 0 Å². The zero-order valence-electron chi connectivity index (χ0n) is 12.3. The van der Waals surface area contributed by atoms with Crippen molar-refractivity contribution in [3.8, 4) is 0 Å². The van der Waals surface area contributed by atoms with Crippen molar-refractivity contribution in [2.24, 2.45) is 0 Å². The first-order valence-electron chi connectivity index (χ1n) is 7.28. The predicted molar refractivity (Wildman–Crippen MR) is 84.0 cm³/mol. The Labute approximate surface area is 129 Å². The van der Waals surface area contributed by atoms with Gasteiger partial charge in [-0.15, -0.1) is 0 Å². The zero-order valence-corrected chi connectivity index (χ0v) is 13.2. The number of piperazine rings is 1. The van der Waals surface area contributed by atoms with E-state index in [1.165, 1.54) is 0 Å². The van der Waals surface area contributed by atoms with Crippen LogP contribution in [0.1, 0.15) is 31.9 Å². The molecule has 2 aliphatic rings. The maximum Gasteiger partial charge on any atom is 0.248 e. The summed E-state index contributed by atoms with van der Waals surface area (Å²) in [6.07, 6.45) is 0.961. The van der Waals surface area contributed by atoms with E-state index in [-0.39, 0.29) is 17.9 Å². The summed E-state index contributed by atoms with van der Waals surface area (Å²) in [5.41, 5.74) is 0.0612. The highest BCUT2D eigenvalue weighted by Crippen LogP contribution is 2.35. The minimum atomic E-state index is -0.824. The molecule has 4 nitrogen and oxygen atoms in total. The molecule has 21 heavy (non-hydrogen) atoms. The highest BCUT2D eigenvalue weighted by Gasteiger charge is 2.48. The van der Waals surface area contributed by atoms with E-state index in [1.54, 1.807) is 13.8 Å². The molecule has 0 radical (unpaired) electrons. The van der Waals surface area contributed by atoms with Crippen molar-refractivity contribution in [2.45, 2.75) is 37.9 Å². The molecule has 2 saturated heterocycles. The first-order chi connectivity index (χ1) is 10.0. The lowest BCUT2D eigenvalue weighted by molar-refractivity contribution is -0.156. The number of nitrogens with one attached hydrogen (secondary N) is 1. The Bertz CT molecular complexity index is 553. The van der Waals surface area contributed by atoms with E-state index in [0.29, 0.717) is 0 Å². The van der Waals surface area contributed by atoms with Crippen LogP contribution in [0.2, 0.25) is 0 Å². The van der Waals surface area contributed by atoms with Crippen LogP contribution < -0.4 is 5.32 Å². The van der Waals surface area contributed by atoms with E-state index in [0.717, 1.165) is 23.5 Å². The van der Waals surface area contributed by atoms with E-state index in [2.05, 4.69) is 5.32 Å². The van der Waals surface area contributed by atoms with Crippen molar-refractivity contribution in [3.05, 3.63) is 35.9 Å². The number of benzene rings is 1. The zero-order chi connectivity index (χ0) is 15.0. The lowest BCUT2D eigenvalue weighted by Gasteiger charge is -2.45. The normalized spacial score (nSPS) is 28.6. The Hall–Kier alpha value is -1.49. The molecule has 2 aliphatic heterocycles. The lowest BCUT2D eigenvalue weighted by Crippen LogP contribution is -2.66. The average Bonchev–Trinajstić information content (AvgIpc) is 2.96. The molecule has 112 valence electrons. The van der Waals surface area contributed by atoms with E-state index in [9.17, 15) is 9.59 Å². The molecule has 0 aliphatic carbocycles. The number of carbonyl (C=O) groups excluding carboxylic acids is 2. The number of hydrogen-bond acceptors (Lipinski definition) is 3. The minimum absolute atomic E-state index is 0.0171. The predicted octanol–water partition coefficient (Wildman–Crippen LogP) is 1.97. The van der Waals surface area contributed by atoms with Crippen molar-refractivity contribution >= 4 is 23.6 Å². The molecule has 2 fully saturated rings. The minimum Gasteiger partial charge on any atom is -0.340 e. The van der Waals surface area contributed by atoms with Crippen molar-refractivity contribution in [1.29, 1.82) is 0 Å². The Balaban J connectivity index is 2.02. The monoisotopic (exact) mass is 304 g/mol. The van der Waals surface area contributed by atoms with Gasteiger partial charge in [0.05, 0.1) is 0 Å². The molecule has 1 aromatic rings. The third-order valence-corrected chi connectivity index (χ3v) is 5.29. The van der Waals surface area contributed by atoms with Crippen LogP contribution in [0, 0.1) is 0 Å². The first-order valence-corrected chi connectivity index (χ1v) is 8.43. The van der Waals surface area contributed by atoms with E-state index < -0.39 is 11.6 Å². The van der Waals surface area contributed by atoms with Gasteiger partial charge < -0.3 is 10.2 Å². The number of hydrogen-bond donors (Lipinski definition) is 1. The SMILES string of the molecule is CC1(C)NC(=O)C(c2ccccc2)N(C2CCSC2)C1=O. The standard InChI is InChI=1S/C16H20N2O2S/c1-16(2)15(20)18(12-8-9-21-10-12)13(14(19)17-16)11-6-4-3-5-7-11/h3-7,12-13H,8-10H2,1-2H3,(H,17,19). The largest absolute Gasteiger partial charge is 0.340 e. The number of rotatable bonds is 2. The smallest absolute Gasteiger partial charge is 0.248 e. The van der Waals surface area contributed by atoms with Gasteiger partial charge in [-0.2, -0.15) is 11.8 Å². The van der Waals surface area contributed by atoms with Crippen LogP contribution in [0.15, 0.2) is 30.3 Å². The number of thioether (sulfide) groups is 1. The number of carbonyl (C=O) groups is 2. The molecule has 1 N–H and O–H groups in total. The molecule has 0 aromatic heterocycles. The van der Waals surface area contributed by atoms with Crippen LogP contribution in [0.3, 0.4) is 0 Å². The molecular formula is C16H20N2O2S. The van der Waals surface area contributed by atoms with Crippen molar-refractivity contribution in [3.63, 3.8) is 0 Å². The van der Waals surface area contributed by atoms with E-state index in [1.807, 2.05) is 47.0 Å². The van der Waals surface area contributed by atoms with Gasteiger partial charge in [-0.05, 0) is 31.6 Å². The molecule has 2 atom stereocenters. The average molecular weight is 304 g/mol. The van der Waals surface area contributed by atoms with Crippen molar-refractivity contribution in [2.75, 3.05) is 11.5 Å². The van der Waals surface area contributed by atoms with Crippen LogP contribution in [-0.2, 0) is 9.59 Å². The molecule has 0 saturated carbocycles. The summed E-state index contributed by atoms with van der Waals surface area (Å²) < 4.78 is 0. The van der Waals surface area contributed by atoms with Crippen LogP contribution in [0.25, 0.3) is 0 Å². The molecule has 2 heterocycles. The Morgan fingerprint density at radius 3 is 2.57 bits per heavy atom. The van der Waals surface area contributed by atoms with Crippen molar-refractivity contribution in [1.82, 2.24) is 10.2 Å². The molecule has 1 aromatic carbocycles. The Kier molecular flexibility index (Phi) is 3.69. The maximum atomic E-state index is 12.9. The highest BCUT2D eigenvalue weighted by atomic mass is 32.2. The number of amides is 2. The quantitative estimate of drug-likeness (QED) is 0.909. The molecule has 0 bridgehead atoms. The maximum absolute atomic E-state index is 12.9. The molecule has 0 spiro atoms. The summed E-state index contributed by atoms with van der Waals surface area (Å²) in [6, 6.07) is 9.23. The summed E-state index contributed by atoms with van der Waals surface area (Å²) in [6.45, 7) is 3.56. The molecule has 3 rings (SSSR count). The topological polar surface area (TPSA) is 49.4 Å². The van der Waals surface area contributed by atoms with Gasteiger partial charge in [-0.25, -0.2) is 0 Å². The summed E-state index contributed by atoms with van der Waals surface area (Å²) in [7, 11) is 0. The van der Waals surface area contributed by atoms with Gasteiger partial charge in [0.25, 0.3) is 0 Å². The third kappa shape index (κ3) is 2.55. The summed E-state index contributed by atoms with van der Waals surface area (Å²) >= 11 is 1.85. The van der Waals surface area contributed by atoms with Gasteiger partial charge in [0.2, 0.25) is 11.8 Å². The summed E-state index contributed by atoms with van der Waals surface area (Å²) in [5, 5.41) is 2.87. The summed E-state index contributed by atoms with van der Waals surface area (Å²) in [5.74, 6) is 1.90. The fraction of sp³-hybridized carbons (Fsp3) is 0.500. The van der Waals surface area contributed by atoms with Gasteiger partial charge in [-0.3, -0.25) is 9.59 Å². The Morgan fingerprint density at radius 2 is 1.95 bits per heavy atom. The van der Waals surface area contributed by atoms with Gasteiger partial charge in [-0.1, -0.05) is 30.3 Å². The second-order valence-corrected chi connectivity index (χ2v) is 7.31. The van der Waals surface area contributed by atoms with E-state index >= 15 is 0 Å². The molecule has 5 heteroatoms. The highest BCUT2D eigenvalue weighted by molar-refractivity contribution is 7.99. The molecule has 2 amide bonds. The first kappa shape index (κ1) is 14.4. The van der Waals surface area contributed by atoms with Gasteiger partial charge in [0.15, 0.2) is 0 Å². The lowest BCUT2D eigenvalue weighted by atomic mass is 9.91. The Morgan fingerprint density at radius 1 is 1.24 bits per heavy atom. The van der Waals surface area contributed by atoms with Crippen LogP contribution >= 0.6 is 11.8 Å².